The number of piperidine rings is 1. The van der Waals surface area contributed by atoms with Crippen molar-refractivity contribution >= 4 is 29.4 Å². The fraction of sp³-hybridized carbons (Fsp3) is 0.462. The Kier molecular flexibility index (Phi) is 11.9. The lowest BCUT2D eigenvalue weighted by atomic mass is 9.71. The predicted octanol–water partition coefficient (Wildman–Crippen LogP) is 5.06. The summed E-state index contributed by atoms with van der Waals surface area (Å²) >= 11 is 6.09. The first kappa shape index (κ1) is 33.8. The van der Waals surface area contributed by atoms with Crippen LogP contribution >= 0.6 is 11.6 Å². The third-order valence-electron chi connectivity index (χ3n) is 6.45. The van der Waals surface area contributed by atoms with Gasteiger partial charge in [-0.15, -0.1) is 0 Å². The molecule has 2 aliphatic heterocycles. The number of aryl methyl sites for hydroxylation is 1. The van der Waals surface area contributed by atoms with Crippen LogP contribution in [0, 0.1) is 5.41 Å². The van der Waals surface area contributed by atoms with Gasteiger partial charge in [0.05, 0.1) is 0 Å². The summed E-state index contributed by atoms with van der Waals surface area (Å²) in [5.41, 5.74) is 2.77. The van der Waals surface area contributed by atoms with Gasteiger partial charge in [0.1, 0.15) is 0 Å². The average Bonchev–Trinajstić information content (AvgIpc) is 2.87. The molecule has 2 N–H and O–H groups in total. The van der Waals surface area contributed by atoms with Crippen LogP contribution in [-0.2, 0) is 27.3 Å². The van der Waals surface area contributed by atoms with E-state index in [1.54, 1.807) is 6.20 Å². The van der Waals surface area contributed by atoms with E-state index in [9.17, 15) is 31.1 Å². The SMILES string of the molecule is O=C(CCc1cccnc1)N1CC2(CCN(Cc3cccc(Cl)c3)CC2)C1.O=C(O)C(F)(F)F.O=C(O)C(F)(F)F. The van der Waals surface area contributed by atoms with Crippen LogP contribution < -0.4 is 0 Å². The molecule has 8 nitrogen and oxygen atoms in total. The molecule has 0 radical (unpaired) electrons. The maximum Gasteiger partial charge on any atom is 0.490 e. The van der Waals surface area contributed by atoms with Crippen molar-refractivity contribution in [1.29, 1.82) is 0 Å². The molecule has 4 rings (SSSR count). The van der Waals surface area contributed by atoms with Gasteiger partial charge in [-0.05, 0) is 61.7 Å². The van der Waals surface area contributed by atoms with Crippen molar-refractivity contribution in [2.24, 2.45) is 5.41 Å². The van der Waals surface area contributed by atoms with Crippen LogP contribution in [0.5, 0.6) is 0 Å². The summed E-state index contributed by atoms with van der Waals surface area (Å²) in [6.07, 6.45) is -2.82. The summed E-state index contributed by atoms with van der Waals surface area (Å²) in [6.45, 7) is 5.03. The minimum absolute atomic E-state index is 0.283. The lowest BCUT2D eigenvalue weighted by molar-refractivity contribution is -0.193. The minimum atomic E-state index is -5.08. The highest BCUT2D eigenvalue weighted by molar-refractivity contribution is 6.30. The van der Waals surface area contributed by atoms with E-state index in [0.29, 0.717) is 11.8 Å². The number of alkyl halides is 6. The molecule has 0 bridgehead atoms. The largest absolute Gasteiger partial charge is 0.490 e. The van der Waals surface area contributed by atoms with Gasteiger partial charge >= 0.3 is 24.3 Å². The number of benzene rings is 1. The molecule has 0 aliphatic carbocycles. The van der Waals surface area contributed by atoms with Crippen LogP contribution in [0.2, 0.25) is 5.02 Å². The standard InChI is InChI=1S/C22H26ClN3O.2C2HF3O2/c23-20-5-1-3-19(13-20)15-25-11-8-22(9-12-25)16-26(17-22)21(27)7-6-18-4-2-10-24-14-18;2*3-2(4,5)1(6)7/h1-5,10,13-14H,6-9,11-12,15-17H2;2*(H,6,7). The van der Waals surface area contributed by atoms with Crippen molar-refractivity contribution in [1.82, 2.24) is 14.8 Å². The molecule has 0 unspecified atom stereocenters. The van der Waals surface area contributed by atoms with Crippen molar-refractivity contribution in [3.8, 4) is 0 Å². The third-order valence-corrected chi connectivity index (χ3v) is 6.69. The highest BCUT2D eigenvalue weighted by Crippen LogP contribution is 2.41. The number of carbonyl (C=O) groups excluding carboxylic acids is 1. The number of rotatable bonds is 5. The van der Waals surface area contributed by atoms with E-state index < -0.39 is 24.3 Å². The smallest absolute Gasteiger partial charge is 0.475 e. The van der Waals surface area contributed by atoms with Gasteiger partial charge in [-0.1, -0.05) is 29.8 Å². The van der Waals surface area contributed by atoms with Gasteiger partial charge in [0.2, 0.25) is 5.91 Å². The van der Waals surface area contributed by atoms with E-state index in [1.165, 1.54) is 18.4 Å². The molecule has 15 heteroatoms. The third kappa shape index (κ3) is 11.6. The Morgan fingerprint density at radius 1 is 0.902 bits per heavy atom. The molecule has 41 heavy (non-hydrogen) atoms. The van der Waals surface area contributed by atoms with Crippen LogP contribution in [0.15, 0.2) is 48.8 Å². The van der Waals surface area contributed by atoms with E-state index >= 15 is 0 Å². The van der Waals surface area contributed by atoms with Crippen LogP contribution in [-0.4, -0.2) is 81.4 Å². The molecule has 2 saturated heterocycles. The quantitative estimate of drug-likeness (QED) is 0.455. The van der Waals surface area contributed by atoms with Gasteiger partial charge in [0, 0.05) is 48.9 Å². The number of carboxylic acids is 2. The molecule has 2 aromatic rings. The second-order valence-electron chi connectivity index (χ2n) is 9.62. The van der Waals surface area contributed by atoms with Gasteiger partial charge in [-0.2, -0.15) is 26.3 Å². The topological polar surface area (TPSA) is 111 Å². The summed E-state index contributed by atoms with van der Waals surface area (Å²) in [4.78, 5) is 38.9. The molecule has 0 atom stereocenters. The number of halogens is 7. The predicted molar refractivity (Wildman–Crippen MR) is 135 cm³/mol. The van der Waals surface area contributed by atoms with Crippen molar-refractivity contribution < 1.29 is 50.9 Å². The zero-order valence-electron chi connectivity index (χ0n) is 21.6. The molecule has 226 valence electrons. The van der Waals surface area contributed by atoms with Gasteiger partial charge in [-0.25, -0.2) is 9.59 Å². The van der Waals surface area contributed by atoms with Crippen LogP contribution in [0.1, 0.15) is 30.4 Å². The Morgan fingerprint density at radius 2 is 1.44 bits per heavy atom. The molecule has 0 saturated carbocycles. The van der Waals surface area contributed by atoms with Crippen molar-refractivity contribution in [2.75, 3.05) is 26.2 Å². The summed E-state index contributed by atoms with van der Waals surface area (Å²) in [5, 5.41) is 15.1. The minimum Gasteiger partial charge on any atom is -0.475 e. The average molecular weight is 612 g/mol. The Balaban J connectivity index is 0.000000349. The number of carbonyl (C=O) groups is 3. The first-order valence-electron chi connectivity index (χ1n) is 12.2. The Labute approximate surface area is 236 Å². The monoisotopic (exact) mass is 611 g/mol. The Hall–Kier alpha value is -3.39. The second kappa shape index (κ2) is 14.5. The summed E-state index contributed by atoms with van der Waals surface area (Å²) < 4.78 is 63.5. The highest BCUT2D eigenvalue weighted by Gasteiger charge is 2.46. The summed E-state index contributed by atoms with van der Waals surface area (Å²) in [5.74, 6) is -5.23. The lowest BCUT2D eigenvalue weighted by Crippen LogP contribution is -2.61. The number of hydrogen-bond acceptors (Lipinski definition) is 5. The van der Waals surface area contributed by atoms with Crippen LogP contribution in [0.3, 0.4) is 0 Å². The van der Waals surface area contributed by atoms with E-state index in [0.717, 1.165) is 49.7 Å². The number of amides is 1. The number of nitrogens with zero attached hydrogens (tertiary/aromatic N) is 3. The number of aromatic nitrogens is 1. The van der Waals surface area contributed by atoms with Crippen molar-refractivity contribution in [2.45, 2.75) is 44.6 Å². The fourth-order valence-corrected chi connectivity index (χ4v) is 4.50. The number of hydrogen-bond donors (Lipinski definition) is 2. The molecular weight excluding hydrogens is 584 g/mol. The fourth-order valence-electron chi connectivity index (χ4n) is 4.29. The Morgan fingerprint density at radius 3 is 1.90 bits per heavy atom. The summed E-state index contributed by atoms with van der Waals surface area (Å²) in [7, 11) is 0. The van der Waals surface area contributed by atoms with E-state index in [2.05, 4.69) is 22.0 Å². The van der Waals surface area contributed by atoms with Gasteiger partial charge in [-0.3, -0.25) is 14.7 Å². The van der Waals surface area contributed by atoms with E-state index in [4.69, 9.17) is 31.4 Å². The number of carboxylic acid groups (broad SMARTS) is 2. The van der Waals surface area contributed by atoms with E-state index in [1.807, 2.05) is 35.4 Å². The normalized spacial score (nSPS) is 16.4. The molecule has 2 aliphatic rings. The number of aliphatic carboxylic acids is 2. The molecule has 1 spiro atoms. The van der Waals surface area contributed by atoms with E-state index in [-0.39, 0.29) is 5.91 Å². The number of pyridine rings is 1. The molecule has 1 amide bonds. The Bertz CT molecular complexity index is 1140. The maximum atomic E-state index is 12.4. The van der Waals surface area contributed by atoms with Gasteiger partial charge in [0.25, 0.3) is 0 Å². The van der Waals surface area contributed by atoms with Crippen LogP contribution in [0.4, 0.5) is 26.3 Å². The number of likely N-dealkylation sites (tertiary alicyclic amines) is 2. The first-order chi connectivity index (χ1) is 19.0. The van der Waals surface area contributed by atoms with Crippen LogP contribution in [0.25, 0.3) is 0 Å². The molecular formula is C26H28ClF6N3O5. The van der Waals surface area contributed by atoms with Gasteiger partial charge < -0.3 is 15.1 Å². The molecule has 3 heterocycles. The molecule has 2 fully saturated rings. The van der Waals surface area contributed by atoms with Crippen molar-refractivity contribution in [3.05, 3.63) is 64.9 Å². The van der Waals surface area contributed by atoms with Gasteiger partial charge in [0.15, 0.2) is 0 Å². The van der Waals surface area contributed by atoms with Crippen molar-refractivity contribution in [3.63, 3.8) is 0 Å². The molecule has 1 aromatic carbocycles. The summed E-state index contributed by atoms with van der Waals surface area (Å²) in [6, 6.07) is 12.1. The zero-order valence-corrected chi connectivity index (χ0v) is 22.3. The zero-order chi connectivity index (χ0) is 30.8. The first-order valence-corrected chi connectivity index (χ1v) is 12.6. The molecule has 1 aromatic heterocycles. The second-order valence-corrected chi connectivity index (χ2v) is 10.1. The highest BCUT2D eigenvalue weighted by atomic mass is 35.5. The maximum absolute atomic E-state index is 12.4. The lowest BCUT2D eigenvalue weighted by Gasteiger charge is -2.54.